The molecule has 2 aromatic carbocycles. The van der Waals surface area contributed by atoms with Crippen LogP contribution < -0.4 is 0 Å². The van der Waals surface area contributed by atoms with Crippen molar-refractivity contribution in [2.75, 3.05) is 0 Å². The van der Waals surface area contributed by atoms with Crippen molar-refractivity contribution in [1.29, 1.82) is 0 Å². The van der Waals surface area contributed by atoms with Gasteiger partial charge in [0.15, 0.2) is 0 Å². The van der Waals surface area contributed by atoms with Gasteiger partial charge in [0.25, 0.3) is 0 Å². The van der Waals surface area contributed by atoms with E-state index in [1.54, 1.807) is 0 Å². The molecule has 0 radical (unpaired) electrons. The van der Waals surface area contributed by atoms with E-state index in [0.29, 0.717) is 0 Å². The summed E-state index contributed by atoms with van der Waals surface area (Å²) in [4.78, 5) is 0. The van der Waals surface area contributed by atoms with Gasteiger partial charge in [0, 0.05) is 0 Å². The molecule has 1 saturated heterocycles. The molecular formula is C21H25BO2. The van der Waals surface area contributed by atoms with Gasteiger partial charge >= 0.3 is 7.12 Å². The molecule has 1 aliphatic heterocycles. The van der Waals surface area contributed by atoms with E-state index in [9.17, 15) is 0 Å². The lowest BCUT2D eigenvalue weighted by molar-refractivity contribution is 0.00578. The first-order valence-electron chi connectivity index (χ1n) is 8.48. The molecule has 0 saturated carbocycles. The zero-order valence-electron chi connectivity index (χ0n) is 15.2. The highest BCUT2D eigenvalue weighted by molar-refractivity contribution is 6.70. The summed E-state index contributed by atoms with van der Waals surface area (Å²) in [7, 11) is -0.377. The molecule has 0 unspecified atom stereocenters. The van der Waals surface area contributed by atoms with Crippen LogP contribution in [0.15, 0.2) is 54.6 Å². The van der Waals surface area contributed by atoms with Gasteiger partial charge in [-0.15, -0.1) is 0 Å². The smallest absolute Gasteiger partial charge is 0.399 e. The minimum atomic E-state index is -0.377. The predicted octanol–water partition coefficient (Wildman–Crippen LogP) is 5.17. The van der Waals surface area contributed by atoms with E-state index in [0.717, 1.165) is 16.6 Å². The molecule has 3 rings (SSSR count). The van der Waals surface area contributed by atoms with Crippen LogP contribution in [0, 0.1) is 6.92 Å². The van der Waals surface area contributed by atoms with Crippen molar-refractivity contribution in [1.82, 2.24) is 0 Å². The van der Waals surface area contributed by atoms with Crippen LogP contribution >= 0.6 is 0 Å². The highest BCUT2D eigenvalue weighted by atomic mass is 16.7. The maximum absolute atomic E-state index is 6.29. The molecule has 3 heteroatoms. The molecule has 0 N–H and O–H groups in total. The van der Waals surface area contributed by atoms with Crippen molar-refractivity contribution in [3.8, 4) is 0 Å². The van der Waals surface area contributed by atoms with E-state index >= 15 is 0 Å². The second kappa shape index (κ2) is 6.23. The van der Waals surface area contributed by atoms with Gasteiger partial charge in [0.1, 0.15) is 0 Å². The number of hydrogen-bond donors (Lipinski definition) is 0. The molecule has 0 aromatic heterocycles. The van der Waals surface area contributed by atoms with Crippen LogP contribution in [0.3, 0.4) is 0 Å². The van der Waals surface area contributed by atoms with E-state index in [1.165, 1.54) is 5.56 Å². The molecule has 2 aromatic rings. The first-order valence-corrected chi connectivity index (χ1v) is 8.48. The molecule has 0 aliphatic carbocycles. The van der Waals surface area contributed by atoms with Crippen molar-refractivity contribution >= 4 is 18.7 Å². The van der Waals surface area contributed by atoms with Gasteiger partial charge in [-0.3, -0.25) is 0 Å². The van der Waals surface area contributed by atoms with E-state index in [4.69, 9.17) is 9.31 Å². The molecule has 0 atom stereocenters. The molecule has 0 amide bonds. The Balaban J connectivity index is 2.04. The first-order chi connectivity index (χ1) is 11.3. The lowest BCUT2D eigenvalue weighted by Crippen LogP contribution is -2.41. The van der Waals surface area contributed by atoms with Gasteiger partial charge in [0.2, 0.25) is 0 Å². The Morgan fingerprint density at radius 3 is 1.92 bits per heavy atom. The van der Waals surface area contributed by atoms with Crippen LogP contribution in [0.4, 0.5) is 0 Å². The Morgan fingerprint density at radius 2 is 1.38 bits per heavy atom. The molecule has 24 heavy (non-hydrogen) atoms. The summed E-state index contributed by atoms with van der Waals surface area (Å²) in [6, 6.07) is 18.8. The average Bonchev–Trinajstić information content (AvgIpc) is 2.75. The molecule has 1 heterocycles. The monoisotopic (exact) mass is 320 g/mol. The SMILES string of the molecule is Cc1ccc(/C(=C/c2ccccc2)B2OC(C)(C)C(C)(C)O2)cc1. The van der Waals surface area contributed by atoms with Crippen LogP contribution in [-0.2, 0) is 9.31 Å². The standard InChI is InChI=1S/C21H25BO2/c1-16-11-13-18(14-12-16)19(15-17-9-7-6-8-10-17)22-23-20(2,3)21(4,5)24-22/h6-15H,1-5H3/b19-15-. The summed E-state index contributed by atoms with van der Waals surface area (Å²) in [6.45, 7) is 10.4. The van der Waals surface area contributed by atoms with Gasteiger partial charge in [-0.2, -0.15) is 0 Å². The molecule has 124 valence electrons. The Bertz CT molecular complexity index is 714. The minimum absolute atomic E-state index is 0.349. The quantitative estimate of drug-likeness (QED) is 0.574. The summed E-state index contributed by atoms with van der Waals surface area (Å²) in [5.41, 5.74) is 3.87. The Hall–Kier alpha value is -1.84. The number of aryl methyl sites for hydroxylation is 1. The van der Waals surface area contributed by atoms with E-state index in [2.05, 4.69) is 77.1 Å². The van der Waals surface area contributed by atoms with Gasteiger partial charge in [-0.05, 0) is 51.2 Å². The summed E-state index contributed by atoms with van der Waals surface area (Å²) < 4.78 is 12.6. The molecular weight excluding hydrogens is 295 g/mol. The van der Waals surface area contributed by atoms with E-state index < -0.39 is 0 Å². The van der Waals surface area contributed by atoms with E-state index in [1.807, 2.05) is 18.2 Å². The molecule has 2 nitrogen and oxygen atoms in total. The first kappa shape index (κ1) is 17.0. The summed E-state index contributed by atoms with van der Waals surface area (Å²) in [6.07, 6.45) is 2.16. The third-order valence-corrected chi connectivity index (χ3v) is 5.01. The largest absolute Gasteiger partial charge is 0.495 e. The van der Waals surface area contributed by atoms with E-state index in [-0.39, 0.29) is 18.3 Å². The topological polar surface area (TPSA) is 18.5 Å². The Kier molecular flexibility index (Phi) is 4.41. The normalized spacial score (nSPS) is 19.5. The second-order valence-electron chi connectivity index (χ2n) is 7.46. The number of hydrogen-bond acceptors (Lipinski definition) is 2. The fourth-order valence-electron chi connectivity index (χ4n) is 2.73. The van der Waals surface area contributed by atoms with Gasteiger partial charge in [-0.25, -0.2) is 0 Å². The summed E-state index contributed by atoms with van der Waals surface area (Å²) in [5.74, 6) is 0. The predicted molar refractivity (Wildman–Crippen MR) is 102 cm³/mol. The zero-order chi connectivity index (χ0) is 17.4. The average molecular weight is 320 g/mol. The maximum atomic E-state index is 6.29. The van der Waals surface area contributed by atoms with Gasteiger partial charge < -0.3 is 9.31 Å². The van der Waals surface area contributed by atoms with Crippen LogP contribution in [0.5, 0.6) is 0 Å². The molecule has 0 spiro atoms. The highest BCUT2D eigenvalue weighted by Gasteiger charge is 2.52. The van der Waals surface area contributed by atoms with Crippen LogP contribution in [0.2, 0.25) is 0 Å². The number of benzene rings is 2. The molecule has 0 bridgehead atoms. The molecule has 1 aliphatic rings. The zero-order valence-corrected chi connectivity index (χ0v) is 15.2. The van der Waals surface area contributed by atoms with Crippen LogP contribution in [-0.4, -0.2) is 18.3 Å². The van der Waals surface area contributed by atoms with Crippen molar-refractivity contribution in [2.45, 2.75) is 45.8 Å². The minimum Gasteiger partial charge on any atom is -0.399 e. The lowest BCUT2D eigenvalue weighted by atomic mass is 9.73. The summed E-state index contributed by atoms with van der Waals surface area (Å²) >= 11 is 0. The summed E-state index contributed by atoms with van der Waals surface area (Å²) in [5, 5.41) is 0. The van der Waals surface area contributed by atoms with Crippen LogP contribution in [0.25, 0.3) is 11.5 Å². The second-order valence-corrected chi connectivity index (χ2v) is 7.46. The van der Waals surface area contributed by atoms with Crippen molar-refractivity contribution < 1.29 is 9.31 Å². The molecule has 1 fully saturated rings. The van der Waals surface area contributed by atoms with Crippen molar-refractivity contribution in [2.24, 2.45) is 0 Å². The highest BCUT2D eigenvalue weighted by Crippen LogP contribution is 2.41. The van der Waals surface area contributed by atoms with Crippen molar-refractivity contribution in [3.05, 3.63) is 71.3 Å². The fraction of sp³-hybridized carbons (Fsp3) is 0.333. The van der Waals surface area contributed by atoms with Crippen LogP contribution in [0.1, 0.15) is 44.4 Å². The Morgan fingerprint density at radius 1 is 0.833 bits per heavy atom. The lowest BCUT2D eigenvalue weighted by Gasteiger charge is -2.32. The Labute approximate surface area is 145 Å². The van der Waals surface area contributed by atoms with Gasteiger partial charge in [-0.1, -0.05) is 66.2 Å². The number of rotatable bonds is 3. The maximum Gasteiger partial charge on any atom is 0.495 e. The fourth-order valence-corrected chi connectivity index (χ4v) is 2.73. The third kappa shape index (κ3) is 3.33. The third-order valence-electron chi connectivity index (χ3n) is 5.01. The van der Waals surface area contributed by atoms with Crippen molar-refractivity contribution in [3.63, 3.8) is 0 Å². The van der Waals surface area contributed by atoms with Gasteiger partial charge in [0.05, 0.1) is 11.2 Å².